The molecule has 0 fully saturated rings. The van der Waals surface area contributed by atoms with Gasteiger partial charge in [-0.2, -0.15) is 0 Å². The molecule has 2 rings (SSSR count). The van der Waals surface area contributed by atoms with Crippen molar-refractivity contribution < 1.29 is 19.1 Å². The summed E-state index contributed by atoms with van der Waals surface area (Å²) in [7, 11) is 1.34. The maximum Gasteiger partial charge on any atom is 0.347 e. The molecule has 130 valence electrons. The number of allylic oxidation sites excluding steroid dienone is 1. The Kier molecular flexibility index (Phi) is 6.18. The lowest BCUT2D eigenvalue weighted by Crippen LogP contribution is -2.26. The van der Waals surface area contributed by atoms with Crippen LogP contribution in [0.2, 0.25) is 0 Å². The van der Waals surface area contributed by atoms with Crippen LogP contribution in [0.1, 0.15) is 60.5 Å². The number of carbonyl (C=O) groups is 2. The van der Waals surface area contributed by atoms with Crippen molar-refractivity contribution in [2.75, 3.05) is 7.11 Å². The lowest BCUT2D eigenvalue weighted by molar-refractivity contribution is -0.147. The number of unbranched alkanes of at least 4 members (excludes halogenated alkanes) is 3. The number of Topliss-reactive ketones (excluding diaryl/α,β-unsaturated/α-hetero) is 1. The highest BCUT2D eigenvalue weighted by Gasteiger charge is 2.31. The van der Waals surface area contributed by atoms with Crippen molar-refractivity contribution in [2.45, 2.75) is 58.5 Å². The molecule has 1 aliphatic heterocycles. The molecule has 0 saturated carbocycles. The average molecular weight is 330 g/mol. The molecule has 0 N–H and O–H groups in total. The maximum absolute atomic E-state index is 12.7. The largest absolute Gasteiger partial charge is 0.478 e. The van der Waals surface area contributed by atoms with E-state index in [4.69, 9.17) is 9.47 Å². The number of fused-ring (bicyclic) bond motifs is 1. The summed E-state index contributed by atoms with van der Waals surface area (Å²) in [6, 6.07) is 3.67. The number of benzene rings is 1. The number of rotatable bonds is 8. The fraction of sp³-hybridized carbons (Fsp3) is 0.500. The Balaban J connectivity index is 2.09. The minimum atomic E-state index is -0.619. The Morgan fingerprint density at radius 1 is 1.29 bits per heavy atom. The molecule has 0 spiro atoms. The van der Waals surface area contributed by atoms with Crippen molar-refractivity contribution in [3.63, 3.8) is 0 Å². The van der Waals surface area contributed by atoms with Crippen LogP contribution in [0.3, 0.4) is 0 Å². The van der Waals surface area contributed by atoms with Crippen LogP contribution in [-0.2, 0) is 16.0 Å². The summed E-state index contributed by atoms with van der Waals surface area (Å²) in [5, 5.41) is 0. The highest BCUT2D eigenvalue weighted by Crippen LogP contribution is 2.33. The zero-order valence-electron chi connectivity index (χ0n) is 14.8. The van der Waals surface area contributed by atoms with Crippen molar-refractivity contribution in [3.8, 4) is 5.75 Å². The van der Waals surface area contributed by atoms with Gasteiger partial charge in [-0.1, -0.05) is 32.8 Å². The van der Waals surface area contributed by atoms with Crippen molar-refractivity contribution >= 4 is 11.8 Å². The van der Waals surface area contributed by atoms with Gasteiger partial charge >= 0.3 is 5.97 Å². The van der Waals surface area contributed by atoms with Crippen molar-refractivity contribution in [2.24, 2.45) is 0 Å². The van der Waals surface area contributed by atoms with Crippen LogP contribution >= 0.6 is 0 Å². The summed E-state index contributed by atoms with van der Waals surface area (Å²) < 4.78 is 10.3. The Morgan fingerprint density at radius 2 is 2.04 bits per heavy atom. The zero-order valence-corrected chi connectivity index (χ0v) is 14.8. The summed E-state index contributed by atoms with van der Waals surface area (Å²) in [5.74, 6) is 0.262. The van der Waals surface area contributed by atoms with Gasteiger partial charge in [0.25, 0.3) is 0 Å². The molecule has 4 heteroatoms. The number of aryl methyl sites for hydroxylation is 1. The second-order valence-electron chi connectivity index (χ2n) is 6.35. The molecule has 0 aromatic heterocycles. The van der Waals surface area contributed by atoms with Gasteiger partial charge in [0.1, 0.15) is 5.75 Å². The number of methoxy groups -OCH3 is 1. The molecular weight excluding hydrogens is 304 g/mol. The van der Waals surface area contributed by atoms with Crippen molar-refractivity contribution in [1.82, 2.24) is 0 Å². The highest BCUT2D eigenvalue weighted by molar-refractivity contribution is 6.09. The van der Waals surface area contributed by atoms with E-state index in [2.05, 4.69) is 13.5 Å². The molecule has 0 saturated heterocycles. The monoisotopic (exact) mass is 330 g/mol. The van der Waals surface area contributed by atoms with Gasteiger partial charge in [0.2, 0.25) is 0 Å². The molecule has 1 aromatic rings. The van der Waals surface area contributed by atoms with E-state index in [1.165, 1.54) is 20.0 Å². The summed E-state index contributed by atoms with van der Waals surface area (Å²) in [4.78, 5) is 24.3. The topological polar surface area (TPSA) is 52.6 Å². The maximum atomic E-state index is 12.7. The molecule has 1 aromatic carbocycles. The molecular formula is C20H26O4. The number of ketones is 1. The van der Waals surface area contributed by atoms with E-state index in [9.17, 15) is 9.59 Å². The fourth-order valence-corrected chi connectivity index (χ4v) is 2.97. The summed E-state index contributed by atoms with van der Waals surface area (Å²) in [6.07, 6.45) is 5.03. The van der Waals surface area contributed by atoms with E-state index >= 15 is 0 Å². The normalized spacial score (nSPS) is 15.5. The predicted molar refractivity (Wildman–Crippen MR) is 93.5 cm³/mol. The van der Waals surface area contributed by atoms with Gasteiger partial charge in [-0.3, -0.25) is 4.79 Å². The van der Waals surface area contributed by atoms with E-state index in [0.29, 0.717) is 23.3 Å². The Morgan fingerprint density at radius 3 is 2.71 bits per heavy atom. The third-order valence-corrected chi connectivity index (χ3v) is 4.44. The number of ether oxygens (including phenoxy) is 2. The summed E-state index contributed by atoms with van der Waals surface area (Å²) >= 11 is 0. The fourth-order valence-electron chi connectivity index (χ4n) is 2.97. The first-order valence-corrected chi connectivity index (χ1v) is 8.58. The number of hydrogen-bond acceptors (Lipinski definition) is 4. The first kappa shape index (κ1) is 18.2. The molecule has 0 aliphatic carbocycles. The molecule has 1 aliphatic rings. The molecule has 1 unspecified atom stereocenters. The molecule has 1 heterocycles. The standard InChI is InChI=1S/C20H26O4/c1-5-6-7-8-9-13(2)19(21)16-11-15-12-18(20(22)23-4)24-17(15)10-14(16)3/h10-11,18H,2,5-9,12H2,1,3-4H3. The smallest absolute Gasteiger partial charge is 0.347 e. The highest BCUT2D eigenvalue weighted by atomic mass is 16.6. The Bertz CT molecular complexity index is 645. The van der Waals surface area contributed by atoms with Crippen LogP contribution in [0.5, 0.6) is 5.75 Å². The van der Waals surface area contributed by atoms with Crippen LogP contribution in [0.4, 0.5) is 0 Å². The quantitative estimate of drug-likeness (QED) is 0.310. The molecule has 1 atom stereocenters. The number of carbonyl (C=O) groups excluding carboxylic acids is 2. The number of esters is 1. The molecule has 24 heavy (non-hydrogen) atoms. The van der Waals surface area contributed by atoms with Crippen LogP contribution in [0, 0.1) is 6.92 Å². The minimum Gasteiger partial charge on any atom is -0.478 e. The van der Waals surface area contributed by atoms with E-state index in [-0.39, 0.29) is 5.78 Å². The van der Waals surface area contributed by atoms with Gasteiger partial charge in [-0.15, -0.1) is 0 Å². The van der Waals surface area contributed by atoms with E-state index in [1.807, 2.05) is 19.1 Å². The molecule has 0 bridgehead atoms. The van der Waals surface area contributed by atoms with Crippen LogP contribution in [-0.4, -0.2) is 25.0 Å². The Labute approximate surface area is 143 Å². The van der Waals surface area contributed by atoms with Gasteiger partial charge in [-0.25, -0.2) is 4.79 Å². The lowest BCUT2D eigenvalue weighted by Gasteiger charge is -2.10. The molecule has 0 radical (unpaired) electrons. The average Bonchev–Trinajstić information content (AvgIpc) is 2.99. The minimum absolute atomic E-state index is 0.00619. The first-order chi connectivity index (χ1) is 11.5. The third-order valence-electron chi connectivity index (χ3n) is 4.44. The van der Waals surface area contributed by atoms with Gasteiger partial charge in [0, 0.05) is 12.0 Å². The van der Waals surface area contributed by atoms with Crippen LogP contribution in [0.15, 0.2) is 24.3 Å². The number of hydrogen-bond donors (Lipinski definition) is 0. The summed E-state index contributed by atoms with van der Waals surface area (Å²) in [5.41, 5.74) is 3.03. The second-order valence-corrected chi connectivity index (χ2v) is 6.35. The van der Waals surface area contributed by atoms with Crippen LogP contribution < -0.4 is 4.74 Å². The summed E-state index contributed by atoms with van der Waals surface area (Å²) in [6.45, 7) is 8.01. The van der Waals surface area contributed by atoms with Gasteiger partial charge in [0.15, 0.2) is 11.9 Å². The predicted octanol–water partition coefficient (Wildman–Crippen LogP) is 4.18. The third kappa shape index (κ3) is 4.05. The van der Waals surface area contributed by atoms with Crippen molar-refractivity contribution in [1.29, 1.82) is 0 Å². The van der Waals surface area contributed by atoms with E-state index in [0.717, 1.165) is 30.4 Å². The SMILES string of the molecule is C=C(CCCCCC)C(=O)c1cc2c(cc1C)OC(C(=O)OC)C2. The van der Waals surface area contributed by atoms with E-state index in [1.54, 1.807) is 0 Å². The van der Waals surface area contributed by atoms with Gasteiger partial charge in [-0.05, 0) is 48.6 Å². The Hall–Kier alpha value is -2.10. The molecule has 0 amide bonds. The van der Waals surface area contributed by atoms with Crippen LogP contribution in [0.25, 0.3) is 0 Å². The lowest BCUT2D eigenvalue weighted by atomic mass is 9.94. The zero-order chi connectivity index (χ0) is 17.7. The molecule has 4 nitrogen and oxygen atoms in total. The second kappa shape index (κ2) is 8.13. The van der Waals surface area contributed by atoms with Gasteiger partial charge in [0.05, 0.1) is 7.11 Å². The van der Waals surface area contributed by atoms with Crippen molar-refractivity contribution in [3.05, 3.63) is 41.0 Å². The van der Waals surface area contributed by atoms with E-state index < -0.39 is 12.1 Å². The first-order valence-electron chi connectivity index (χ1n) is 8.58. The van der Waals surface area contributed by atoms with Gasteiger partial charge < -0.3 is 9.47 Å².